The van der Waals surface area contributed by atoms with Gasteiger partial charge in [-0.15, -0.1) is 12.4 Å². The Hall–Kier alpha value is -2.70. The number of piperidine rings is 1. The molecule has 2 N–H and O–H groups in total. The van der Waals surface area contributed by atoms with Gasteiger partial charge in [0.2, 0.25) is 0 Å². The molecule has 0 bridgehead atoms. The number of nitrogens with one attached hydrogen (secondary N) is 1. The van der Waals surface area contributed by atoms with Gasteiger partial charge < -0.3 is 9.47 Å². The van der Waals surface area contributed by atoms with E-state index in [4.69, 9.17) is 4.74 Å². The van der Waals surface area contributed by atoms with Crippen LogP contribution in [-0.4, -0.2) is 74.2 Å². The summed E-state index contributed by atoms with van der Waals surface area (Å²) in [4.78, 5) is 24.9. The Morgan fingerprint density at radius 1 is 1.06 bits per heavy atom. The van der Waals surface area contributed by atoms with Crippen LogP contribution >= 0.6 is 12.4 Å². The molecular weight excluding hydrogens is 498 g/mol. The van der Waals surface area contributed by atoms with Gasteiger partial charge in [-0.05, 0) is 42.7 Å². The number of sulfone groups is 1. The van der Waals surface area contributed by atoms with E-state index in [0.29, 0.717) is 12.3 Å². The highest BCUT2D eigenvalue weighted by atomic mass is 35.5. The number of nitrogens with zero attached hydrogens (tertiary/aromatic N) is 2. The van der Waals surface area contributed by atoms with E-state index in [1.807, 2.05) is 35.3 Å². The van der Waals surface area contributed by atoms with Gasteiger partial charge in [-0.1, -0.05) is 30.3 Å². The summed E-state index contributed by atoms with van der Waals surface area (Å²) in [5.41, 5.74) is 4.31. The lowest BCUT2D eigenvalue weighted by Gasteiger charge is -2.41. The first-order chi connectivity index (χ1) is 16.2. The van der Waals surface area contributed by atoms with E-state index >= 15 is 0 Å². The van der Waals surface area contributed by atoms with Crippen LogP contribution in [0.1, 0.15) is 18.4 Å². The maximum atomic E-state index is 13.7. The molecule has 3 rings (SSSR count). The second-order valence-electron chi connectivity index (χ2n) is 7.92. The summed E-state index contributed by atoms with van der Waals surface area (Å²) in [5, 5.41) is 12.3. The van der Waals surface area contributed by atoms with E-state index in [-0.39, 0.29) is 48.3 Å². The minimum atomic E-state index is -4.24. The third kappa shape index (κ3) is 6.30. The molecule has 1 amide bonds. The molecule has 10 nitrogen and oxygen atoms in total. The number of benzene rings is 2. The van der Waals surface area contributed by atoms with Crippen LogP contribution in [0.4, 0.5) is 0 Å². The Morgan fingerprint density at radius 3 is 2.20 bits per heavy atom. The molecule has 1 saturated heterocycles. The zero-order valence-corrected chi connectivity index (χ0v) is 21.2. The second-order valence-corrected chi connectivity index (χ2v) is 10.2. The van der Waals surface area contributed by atoms with Crippen molar-refractivity contribution < 1.29 is 32.7 Å². The van der Waals surface area contributed by atoms with Crippen LogP contribution in [0.15, 0.2) is 59.5 Å². The average molecular weight is 528 g/mol. The largest absolute Gasteiger partial charge is 0.497 e. The maximum absolute atomic E-state index is 13.7. The van der Waals surface area contributed by atoms with Crippen molar-refractivity contribution >= 4 is 34.1 Å². The van der Waals surface area contributed by atoms with Crippen LogP contribution < -0.4 is 10.2 Å². The van der Waals surface area contributed by atoms with Crippen molar-refractivity contribution in [2.45, 2.75) is 29.0 Å². The van der Waals surface area contributed by atoms with Crippen molar-refractivity contribution in [1.29, 1.82) is 0 Å². The fourth-order valence-corrected chi connectivity index (χ4v) is 5.90. The smallest absolute Gasteiger partial charge is 0.328 e. The molecule has 0 unspecified atom stereocenters. The van der Waals surface area contributed by atoms with Crippen LogP contribution in [0, 0.1) is 0 Å². The second kappa shape index (κ2) is 12.3. The molecule has 0 radical (unpaired) electrons. The average Bonchev–Trinajstić information content (AvgIpc) is 2.87. The molecule has 2 aromatic carbocycles. The van der Waals surface area contributed by atoms with Crippen molar-refractivity contribution in [2.75, 3.05) is 33.9 Å². The number of carbonyl (C=O) groups excluding carboxylic acids is 2. The fourth-order valence-electron chi connectivity index (χ4n) is 3.90. The predicted molar refractivity (Wildman–Crippen MR) is 130 cm³/mol. The third-order valence-electron chi connectivity index (χ3n) is 5.94. The number of halogens is 1. The van der Waals surface area contributed by atoms with E-state index in [2.05, 4.69) is 10.2 Å². The van der Waals surface area contributed by atoms with Gasteiger partial charge in [-0.25, -0.2) is 18.5 Å². The first-order valence-corrected chi connectivity index (χ1v) is 12.2. The number of rotatable bonds is 9. The Balaban J connectivity index is 0.00000432. The van der Waals surface area contributed by atoms with E-state index in [1.54, 1.807) is 0 Å². The summed E-state index contributed by atoms with van der Waals surface area (Å²) >= 11 is 0. The molecular formula is C23H30ClN3O7S. The molecule has 0 spiro atoms. The molecule has 0 aliphatic carbocycles. The van der Waals surface area contributed by atoms with Crippen molar-refractivity contribution in [3.05, 3.63) is 60.2 Å². The highest BCUT2D eigenvalue weighted by Crippen LogP contribution is 2.37. The van der Waals surface area contributed by atoms with Gasteiger partial charge in [0.15, 0.2) is 14.6 Å². The Bertz CT molecular complexity index is 1090. The zero-order chi connectivity index (χ0) is 24.8. The summed E-state index contributed by atoms with van der Waals surface area (Å²) < 4.78 is 35.1. The molecule has 0 aromatic heterocycles. The lowest BCUT2D eigenvalue weighted by atomic mass is 9.95. The SMILES string of the molecule is COC(=O)CN(O)C(=O)C1(S(=O)(=O)c2ccc(OC)cc2)CCN(NCc2ccccc2)CC1.Cl. The number of hydrogen-bond donors (Lipinski definition) is 2. The Labute approximate surface area is 211 Å². The van der Waals surface area contributed by atoms with E-state index in [1.165, 1.54) is 31.4 Å². The minimum Gasteiger partial charge on any atom is -0.497 e. The quantitative estimate of drug-likeness (QED) is 0.285. The minimum absolute atomic E-state index is 0. The van der Waals surface area contributed by atoms with Gasteiger partial charge in [0, 0.05) is 19.6 Å². The van der Waals surface area contributed by atoms with Gasteiger partial charge in [0.25, 0.3) is 5.91 Å². The van der Waals surface area contributed by atoms with Crippen molar-refractivity contribution in [1.82, 2.24) is 15.5 Å². The summed E-state index contributed by atoms with van der Waals surface area (Å²) in [6.07, 6.45) is -0.166. The highest BCUT2D eigenvalue weighted by molar-refractivity contribution is 7.93. The van der Waals surface area contributed by atoms with E-state index < -0.39 is 33.0 Å². The van der Waals surface area contributed by atoms with Crippen LogP contribution in [0.5, 0.6) is 5.75 Å². The zero-order valence-electron chi connectivity index (χ0n) is 19.5. The molecule has 35 heavy (non-hydrogen) atoms. The van der Waals surface area contributed by atoms with Gasteiger partial charge in [0.05, 0.1) is 19.1 Å². The number of methoxy groups -OCH3 is 2. The Morgan fingerprint density at radius 2 is 1.66 bits per heavy atom. The molecule has 12 heteroatoms. The lowest BCUT2D eigenvalue weighted by molar-refractivity contribution is -0.178. The van der Waals surface area contributed by atoms with Crippen LogP contribution in [0.2, 0.25) is 0 Å². The first kappa shape index (κ1) is 28.5. The van der Waals surface area contributed by atoms with Crippen LogP contribution in [0.25, 0.3) is 0 Å². The van der Waals surface area contributed by atoms with Gasteiger partial charge in [0.1, 0.15) is 12.3 Å². The number of hydroxylamine groups is 2. The Kier molecular flexibility index (Phi) is 10.0. The van der Waals surface area contributed by atoms with E-state index in [0.717, 1.165) is 12.7 Å². The maximum Gasteiger partial charge on any atom is 0.328 e. The summed E-state index contributed by atoms with van der Waals surface area (Å²) in [6, 6.07) is 15.4. The number of hydrazine groups is 1. The molecule has 1 fully saturated rings. The predicted octanol–water partition coefficient (Wildman–Crippen LogP) is 1.82. The van der Waals surface area contributed by atoms with E-state index in [9.17, 15) is 23.2 Å². The van der Waals surface area contributed by atoms with Crippen LogP contribution in [0.3, 0.4) is 0 Å². The molecule has 1 aliphatic heterocycles. The van der Waals surface area contributed by atoms with Crippen molar-refractivity contribution in [3.63, 3.8) is 0 Å². The first-order valence-electron chi connectivity index (χ1n) is 10.7. The number of amides is 1. The lowest BCUT2D eigenvalue weighted by Crippen LogP contribution is -2.60. The summed E-state index contributed by atoms with van der Waals surface area (Å²) in [6.45, 7) is 0.243. The topological polar surface area (TPSA) is 125 Å². The molecule has 1 heterocycles. The molecule has 2 aromatic rings. The monoisotopic (exact) mass is 527 g/mol. The normalized spacial score (nSPS) is 15.5. The molecule has 1 aliphatic rings. The number of hydrogen-bond acceptors (Lipinski definition) is 9. The number of carbonyl (C=O) groups is 2. The van der Waals surface area contributed by atoms with Crippen molar-refractivity contribution in [2.24, 2.45) is 0 Å². The summed E-state index contributed by atoms with van der Waals surface area (Å²) in [7, 11) is -1.67. The van der Waals surface area contributed by atoms with Gasteiger partial charge >= 0.3 is 5.97 Å². The molecule has 0 saturated carbocycles. The van der Waals surface area contributed by atoms with Gasteiger partial charge in [-0.3, -0.25) is 20.2 Å². The number of esters is 1. The van der Waals surface area contributed by atoms with Gasteiger partial charge in [-0.2, -0.15) is 0 Å². The molecule has 192 valence electrons. The fraction of sp³-hybridized carbons (Fsp3) is 0.391. The number of ether oxygens (including phenoxy) is 2. The standard InChI is InChI=1S/C23H29N3O7S.ClH/c1-32-19-8-10-20(11-9-19)34(30,31)23(22(28)26(29)17-21(27)33-2)12-14-25(15-13-23)24-16-18-6-4-3-5-7-18;/h3-11,24,29H,12-17H2,1-2H3;1H. The van der Waals surface area contributed by atoms with Crippen LogP contribution in [-0.2, 0) is 30.7 Å². The summed E-state index contributed by atoms with van der Waals surface area (Å²) in [5.74, 6) is -1.46. The van der Waals surface area contributed by atoms with Crippen molar-refractivity contribution in [3.8, 4) is 5.75 Å². The molecule has 0 atom stereocenters. The highest BCUT2D eigenvalue weighted by Gasteiger charge is 2.54. The third-order valence-corrected chi connectivity index (χ3v) is 8.44.